The molecule has 0 fully saturated rings. The van der Waals surface area contributed by atoms with Crippen LogP contribution in [-0.2, 0) is 11.2 Å². The van der Waals surface area contributed by atoms with E-state index in [-0.39, 0.29) is 6.04 Å². The van der Waals surface area contributed by atoms with Gasteiger partial charge in [0.25, 0.3) is 0 Å². The van der Waals surface area contributed by atoms with Crippen molar-refractivity contribution >= 4 is 5.97 Å². The first-order valence-corrected chi connectivity index (χ1v) is 5.12. The van der Waals surface area contributed by atoms with Gasteiger partial charge in [-0.05, 0) is 12.0 Å². The summed E-state index contributed by atoms with van der Waals surface area (Å²) in [5.74, 6) is -0.799. The van der Waals surface area contributed by atoms with Crippen LogP contribution < -0.4 is 5.32 Å². The molecule has 0 amide bonds. The van der Waals surface area contributed by atoms with Crippen LogP contribution in [0, 0.1) is 0 Å². The molecule has 2 N–H and O–H groups in total. The number of carbonyl (C=O) groups is 1. The molecule has 0 bridgehead atoms. The van der Waals surface area contributed by atoms with Gasteiger partial charge in [-0.3, -0.25) is 4.79 Å². The summed E-state index contributed by atoms with van der Waals surface area (Å²) in [5.41, 5.74) is 1.04. The number of carboxylic acid groups (broad SMARTS) is 1. The standard InChI is InChI=1S/C12H17NO2/c1-9(2)13-11(12(14)15)8-10-6-4-3-5-7-10/h3-7,9,11,13H,8H2,1-2H3,(H,14,15)/t11-/m1/s1. The number of nitrogens with one attached hydrogen (secondary N) is 1. The van der Waals surface area contributed by atoms with Crippen LogP contribution in [0.2, 0.25) is 0 Å². The summed E-state index contributed by atoms with van der Waals surface area (Å²) < 4.78 is 0. The van der Waals surface area contributed by atoms with Gasteiger partial charge in [0.1, 0.15) is 6.04 Å². The van der Waals surface area contributed by atoms with Crippen LogP contribution in [0.15, 0.2) is 30.3 Å². The molecule has 0 unspecified atom stereocenters. The molecule has 82 valence electrons. The number of carboxylic acids is 1. The van der Waals surface area contributed by atoms with Crippen molar-refractivity contribution in [3.05, 3.63) is 35.9 Å². The highest BCUT2D eigenvalue weighted by Crippen LogP contribution is 2.04. The third kappa shape index (κ3) is 4.13. The Kier molecular flexibility index (Phi) is 4.31. The molecule has 0 aromatic heterocycles. The fourth-order valence-corrected chi connectivity index (χ4v) is 1.47. The van der Waals surface area contributed by atoms with Crippen LogP contribution in [0.5, 0.6) is 0 Å². The summed E-state index contributed by atoms with van der Waals surface area (Å²) in [4.78, 5) is 11.0. The van der Waals surface area contributed by atoms with Gasteiger partial charge in [0.15, 0.2) is 0 Å². The van der Waals surface area contributed by atoms with Crippen LogP contribution in [0.1, 0.15) is 19.4 Å². The molecule has 1 atom stereocenters. The maximum atomic E-state index is 11.0. The molecule has 0 aliphatic rings. The normalized spacial score (nSPS) is 12.7. The largest absolute Gasteiger partial charge is 0.480 e. The third-order valence-electron chi connectivity index (χ3n) is 2.12. The monoisotopic (exact) mass is 207 g/mol. The second-order valence-corrected chi connectivity index (χ2v) is 3.90. The summed E-state index contributed by atoms with van der Waals surface area (Å²) in [6, 6.07) is 9.32. The highest BCUT2D eigenvalue weighted by molar-refractivity contribution is 5.73. The van der Waals surface area contributed by atoms with Gasteiger partial charge in [-0.1, -0.05) is 44.2 Å². The van der Waals surface area contributed by atoms with E-state index >= 15 is 0 Å². The highest BCUT2D eigenvalue weighted by atomic mass is 16.4. The Morgan fingerprint density at radius 1 is 1.33 bits per heavy atom. The Bertz CT molecular complexity index is 309. The highest BCUT2D eigenvalue weighted by Gasteiger charge is 2.17. The fraction of sp³-hybridized carbons (Fsp3) is 0.417. The van der Waals surface area contributed by atoms with Crippen molar-refractivity contribution in [2.75, 3.05) is 0 Å². The molecule has 1 aromatic carbocycles. The molecule has 0 radical (unpaired) electrons. The Morgan fingerprint density at radius 2 is 1.93 bits per heavy atom. The zero-order valence-corrected chi connectivity index (χ0v) is 9.10. The van der Waals surface area contributed by atoms with Gasteiger partial charge in [-0.25, -0.2) is 0 Å². The zero-order valence-electron chi connectivity index (χ0n) is 9.10. The van der Waals surface area contributed by atoms with Gasteiger partial charge in [0.2, 0.25) is 0 Å². The molecule has 0 heterocycles. The topological polar surface area (TPSA) is 49.3 Å². The minimum atomic E-state index is -0.799. The second-order valence-electron chi connectivity index (χ2n) is 3.90. The molecule has 0 aliphatic carbocycles. The van der Waals surface area contributed by atoms with Crippen molar-refractivity contribution < 1.29 is 9.90 Å². The number of hydrogen-bond acceptors (Lipinski definition) is 2. The maximum absolute atomic E-state index is 11.0. The lowest BCUT2D eigenvalue weighted by Gasteiger charge is -2.17. The second kappa shape index (κ2) is 5.51. The van der Waals surface area contributed by atoms with Crippen LogP contribution in [-0.4, -0.2) is 23.2 Å². The van der Waals surface area contributed by atoms with Crippen LogP contribution in [0.3, 0.4) is 0 Å². The Balaban J connectivity index is 2.63. The van der Waals surface area contributed by atoms with Gasteiger partial charge in [0, 0.05) is 6.04 Å². The van der Waals surface area contributed by atoms with E-state index in [0.717, 1.165) is 5.56 Å². The molecule has 1 aromatic rings. The Hall–Kier alpha value is -1.35. The van der Waals surface area contributed by atoms with E-state index in [0.29, 0.717) is 6.42 Å². The average Bonchev–Trinajstić information content (AvgIpc) is 2.17. The molecule has 3 nitrogen and oxygen atoms in total. The van der Waals surface area contributed by atoms with Gasteiger partial charge in [-0.15, -0.1) is 0 Å². The lowest BCUT2D eigenvalue weighted by Crippen LogP contribution is -2.42. The SMILES string of the molecule is CC(C)N[C@H](Cc1ccccc1)C(=O)O. The first-order chi connectivity index (χ1) is 7.09. The number of aliphatic carboxylic acids is 1. The van der Waals surface area contributed by atoms with E-state index in [1.54, 1.807) is 0 Å². The summed E-state index contributed by atoms with van der Waals surface area (Å²) in [6.07, 6.45) is 0.522. The average molecular weight is 207 g/mol. The summed E-state index contributed by atoms with van der Waals surface area (Å²) in [6.45, 7) is 3.89. The van der Waals surface area contributed by atoms with E-state index in [9.17, 15) is 4.79 Å². The predicted molar refractivity (Wildman–Crippen MR) is 59.8 cm³/mol. The maximum Gasteiger partial charge on any atom is 0.321 e. The Morgan fingerprint density at radius 3 is 2.40 bits per heavy atom. The number of benzene rings is 1. The first-order valence-electron chi connectivity index (χ1n) is 5.12. The summed E-state index contributed by atoms with van der Waals surface area (Å²) in [5, 5.41) is 12.0. The van der Waals surface area contributed by atoms with Gasteiger partial charge in [0.05, 0.1) is 0 Å². The minimum absolute atomic E-state index is 0.176. The molecule has 0 spiro atoms. The Labute approximate surface area is 90.1 Å². The molecular formula is C12H17NO2. The van der Waals surface area contributed by atoms with Crippen molar-refractivity contribution in [2.24, 2.45) is 0 Å². The quantitative estimate of drug-likeness (QED) is 0.772. The van der Waals surface area contributed by atoms with Crippen molar-refractivity contribution in [3.63, 3.8) is 0 Å². The van der Waals surface area contributed by atoms with E-state index < -0.39 is 12.0 Å². The van der Waals surface area contributed by atoms with Crippen molar-refractivity contribution in [1.82, 2.24) is 5.32 Å². The molecule has 0 saturated carbocycles. The van der Waals surface area contributed by atoms with Crippen molar-refractivity contribution in [2.45, 2.75) is 32.4 Å². The van der Waals surface area contributed by atoms with Crippen molar-refractivity contribution in [1.29, 1.82) is 0 Å². The van der Waals surface area contributed by atoms with Gasteiger partial charge < -0.3 is 10.4 Å². The number of rotatable bonds is 5. The molecule has 3 heteroatoms. The van der Waals surface area contributed by atoms with E-state index in [1.165, 1.54) is 0 Å². The van der Waals surface area contributed by atoms with E-state index in [4.69, 9.17) is 5.11 Å². The van der Waals surface area contributed by atoms with Crippen molar-refractivity contribution in [3.8, 4) is 0 Å². The van der Waals surface area contributed by atoms with Crippen LogP contribution >= 0.6 is 0 Å². The summed E-state index contributed by atoms with van der Waals surface area (Å²) in [7, 11) is 0. The third-order valence-corrected chi connectivity index (χ3v) is 2.12. The van der Waals surface area contributed by atoms with E-state index in [1.807, 2.05) is 44.2 Å². The first kappa shape index (κ1) is 11.7. The van der Waals surface area contributed by atoms with Gasteiger partial charge in [-0.2, -0.15) is 0 Å². The van der Waals surface area contributed by atoms with E-state index in [2.05, 4.69) is 5.32 Å². The van der Waals surface area contributed by atoms with Gasteiger partial charge >= 0.3 is 5.97 Å². The molecule has 1 rings (SSSR count). The van der Waals surface area contributed by atoms with Crippen LogP contribution in [0.25, 0.3) is 0 Å². The predicted octanol–water partition coefficient (Wildman–Crippen LogP) is 1.68. The smallest absolute Gasteiger partial charge is 0.321 e. The molecule has 15 heavy (non-hydrogen) atoms. The minimum Gasteiger partial charge on any atom is -0.480 e. The molecule has 0 aliphatic heterocycles. The lowest BCUT2D eigenvalue weighted by atomic mass is 10.1. The lowest BCUT2D eigenvalue weighted by molar-refractivity contribution is -0.139. The van der Waals surface area contributed by atoms with Crippen LogP contribution in [0.4, 0.5) is 0 Å². The zero-order chi connectivity index (χ0) is 11.3. The molecular weight excluding hydrogens is 190 g/mol. The number of hydrogen-bond donors (Lipinski definition) is 2. The summed E-state index contributed by atoms with van der Waals surface area (Å²) >= 11 is 0. The fourth-order valence-electron chi connectivity index (χ4n) is 1.47. The molecule has 0 saturated heterocycles.